The number of ketones is 1. The quantitative estimate of drug-likeness (QED) is 0.341. The molecule has 32 heavy (non-hydrogen) atoms. The smallest absolute Gasteiger partial charge is 0.344 e. The maximum absolute atomic E-state index is 15.0. The number of sulfonamides is 1. The van der Waals surface area contributed by atoms with Crippen LogP contribution in [0.4, 0.5) is 23.2 Å². The van der Waals surface area contributed by atoms with Crippen molar-refractivity contribution in [3.05, 3.63) is 83.6 Å². The average Bonchev–Trinajstić information content (AvgIpc) is 3.18. The van der Waals surface area contributed by atoms with Gasteiger partial charge in [-0.15, -0.1) is 0 Å². The van der Waals surface area contributed by atoms with Crippen molar-refractivity contribution >= 4 is 32.7 Å². The molecule has 0 aliphatic heterocycles. The van der Waals surface area contributed by atoms with Gasteiger partial charge in [0.2, 0.25) is 0 Å². The summed E-state index contributed by atoms with van der Waals surface area (Å²) in [6.45, 7) is 0. The lowest BCUT2D eigenvalue weighted by Gasteiger charge is -2.12. The zero-order chi connectivity index (χ0) is 23.1. The normalized spacial score (nSPS) is 12.1. The summed E-state index contributed by atoms with van der Waals surface area (Å²) in [5.41, 5.74) is -1.43. The maximum atomic E-state index is 15.0. The fourth-order valence-electron chi connectivity index (χ4n) is 2.98. The van der Waals surface area contributed by atoms with E-state index in [1.54, 1.807) is 0 Å². The number of H-pyrrole nitrogens is 1. The number of hydrogen-bond acceptors (Lipinski definition) is 5. The molecule has 4 aromatic rings. The zero-order valence-electron chi connectivity index (χ0n) is 15.8. The topological polar surface area (TPSA) is 105 Å². The summed E-state index contributed by atoms with van der Waals surface area (Å²) >= 11 is 0. The van der Waals surface area contributed by atoms with Crippen LogP contribution in [-0.4, -0.2) is 29.2 Å². The van der Waals surface area contributed by atoms with Gasteiger partial charge in [0, 0.05) is 18.6 Å². The monoisotopic (exact) mass is 464 g/mol. The van der Waals surface area contributed by atoms with Gasteiger partial charge in [0.1, 0.15) is 5.52 Å². The van der Waals surface area contributed by atoms with E-state index in [-0.39, 0.29) is 11.1 Å². The van der Waals surface area contributed by atoms with E-state index in [9.17, 15) is 26.4 Å². The third-order valence-corrected chi connectivity index (χ3v) is 5.91. The maximum Gasteiger partial charge on any atom is 0.416 e. The van der Waals surface area contributed by atoms with Gasteiger partial charge >= 0.3 is 6.18 Å². The number of benzene rings is 2. The lowest BCUT2D eigenvalue weighted by Crippen LogP contribution is -2.16. The predicted octanol–water partition coefficient (Wildman–Crippen LogP) is 4.15. The molecule has 0 aliphatic carbocycles. The molecule has 0 aliphatic rings. The highest BCUT2D eigenvalue weighted by Crippen LogP contribution is 2.30. The van der Waals surface area contributed by atoms with E-state index in [1.165, 1.54) is 30.7 Å². The van der Waals surface area contributed by atoms with Gasteiger partial charge in [0.15, 0.2) is 17.2 Å². The number of aromatic nitrogens is 3. The first kappa shape index (κ1) is 21.4. The standard InChI is InChI=1S/C20H12F4N4O3S/c21-16-13(18(29)14-10-27-19-17(14)25-8-9-26-19)2-1-3-15(16)28-32(30,31)12-6-4-11(5-7-12)20(22,23)24/h1-10,28H,(H,26,27). The molecule has 0 amide bonds. The fraction of sp³-hybridized carbons (Fsp3) is 0.0500. The number of nitrogens with one attached hydrogen (secondary N) is 2. The SMILES string of the molecule is O=C(c1cccc(NS(=O)(=O)c2ccc(C(F)(F)F)cc2)c1F)c1c[nH]c2nccnc12. The first-order chi connectivity index (χ1) is 15.1. The van der Waals surface area contributed by atoms with Crippen LogP contribution in [0.1, 0.15) is 21.5 Å². The molecule has 0 unspecified atom stereocenters. The van der Waals surface area contributed by atoms with Crippen LogP contribution in [0.5, 0.6) is 0 Å². The van der Waals surface area contributed by atoms with Crippen molar-refractivity contribution in [2.24, 2.45) is 0 Å². The molecule has 2 aromatic carbocycles. The molecule has 4 rings (SSSR count). The van der Waals surface area contributed by atoms with Crippen LogP contribution in [0.15, 0.2) is 66.0 Å². The molecule has 7 nitrogen and oxygen atoms in total. The first-order valence-corrected chi connectivity index (χ1v) is 10.4. The molecule has 0 radical (unpaired) electrons. The number of halogens is 4. The van der Waals surface area contributed by atoms with Crippen LogP contribution in [0.3, 0.4) is 0 Å². The Balaban J connectivity index is 1.66. The third-order valence-electron chi connectivity index (χ3n) is 4.53. The summed E-state index contributed by atoms with van der Waals surface area (Å²) < 4.78 is 80.1. The van der Waals surface area contributed by atoms with Gasteiger partial charge in [-0.3, -0.25) is 14.5 Å². The van der Waals surface area contributed by atoms with Gasteiger partial charge in [-0.1, -0.05) is 6.07 Å². The van der Waals surface area contributed by atoms with Crippen LogP contribution in [0.25, 0.3) is 11.2 Å². The minimum atomic E-state index is -4.64. The number of alkyl halides is 3. The molecule has 0 bridgehead atoms. The van der Waals surface area contributed by atoms with E-state index < -0.39 is 49.5 Å². The fourth-order valence-corrected chi connectivity index (χ4v) is 4.04. The molecule has 2 aromatic heterocycles. The largest absolute Gasteiger partial charge is 0.416 e. The number of nitrogens with zero attached hydrogens (tertiary/aromatic N) is 2. The van der Waals surface area contributed by atoms with Gasteiger partial charge in [-0.05, 0) is 36.4 Å². The summed E-state index contributed by atoms with van der Waals surface area (Å²) in [6.07, 6.45) is -0.559. The molecular formula is C20H12F4N4O3S. The molecule has 0 saturated heterocycles. The van der Waals surface area contributed by atoms with Crippen LogP contribution in [0.2, 0.25) is 0 Å². The Labute approximate surface area is 178 Å². The predicted molar refractivity (Wildman–Crippen MR) is 106 cm³/mol. The Bertz CT molecular complexity index is 1430. The molecule has 12 heteroatoms. The van der Waals surface area contributed by atoms with Crippen molar-refractivity contribution in [3.63, 3.8) is 0 Å². The number of hydrogen-bond donors (Lipinski definition) is 2. The molecule has 2 N–H and O–H groups in total. The third kappa shape index (κ3) is 3.91. The Morgan fingerprint density at radius 2 is 1.66 bits per heavy atom. The van der Waals surface area contributed by atoms with Crippen LogP contribution in [0, 0.1) is 5.82 Å². The number of fused-ring (bicyclic) bond motifs is 1. The van der Waals surface area contributed by atoms with E-state index >= 15 is 4.39 Å². The van der Waals surface area contributed by atoms with Gasteiger partial charge in [0.05, 0.1) is 27.3 Å². The molecule has 2 heterocycles. The Hall–Kier alpha value is -3.80. The summed E-state index contributed by atoms with van der Waals surface area (Å²) in [7, 11) is -4.43. The Morgan fingerprint density at radius 1 is 0.969 bits per heavy atom. The van der Waals surface area contributed by atoms with E-state index in [2.05, 4.69) is 15.0 Å². The van der Waals surface area contributed by atoms with Crippen molar-refractivity contribution < 1.29 is 30.8 Å². The number of anilines is 1. The molecule has 164 valence electrons. The minimum Gasteiger partial charge on any atom is -0.344 e. The molecular weight excluding hydrogens is 452 g/mol. The van der Waals surface area contributed by atoms with Gasteiger partial charge in [-0.2, -0.15) is 13.2 Å². The van der Waals surface area contributed by atoms with Crippen LogP contribution < -0.4 is 4.72 Å². The van der Waals surface area contributed by atoms with Gasteiger partial charge in [0.25, 0.3) is 10.0 Å². The molecule has 0 fully saturated rings. The summed E-state index contributed by atoms with van der Waals surface area (Å²) in [4.78, 5) is 23.1. The van der Waals surface area contributed by atoms with Crippen LogP contribution in [-0.2, 0) is 16.2 Å². The van der Waals surface area contributed by atoms with Crippen molar-refractivity contribution in [2.75, 3.05) is 4.72 Å². The lowest BCUT2D eigenvalue weighted by atomic mass is 10.0. The molecule has 0 spiro atoms. The van der Waals surface area contributed by atoms with E-state index in [4.69, 9.17) is 0 Å². The Kier molecular flexibility index (Phi) is 5.17. The summed E-state index contributed by atoms with van der Waals surface area (Å²) in [5.74, 6) is -1.91. The van der Waals surface area contributed by atoms with Gasteiger partial charge in [-0.25, -0.2) is 17.8 Å². The summed E-state index contributed by atoms with van der Waals surface area (Å²) in [6, 6.07) is 6.23. The lowest BCUT2D eigenvalue weighted by molar-refractivity contribution is -0.137. The van der Waals surface area contributed by atoms with E-state index in [1.807, 2.05) is 4.72 Å². The minimum absolute atomic E-state index is 0.0368. The second kappa shape index (κ2) is 7.71. The Morgan fingerprint density at radius 3 is 2.34 bits per heavy atom. The van der Waals surface area contributed by atoms with Crippen molar-refractivity contribution in [1.29, 1.82) is 0 Å². The van der Waals surface area contributed by atoms with Crippen molar-refractivity contribution in [3.8, 4) is 0 Å². The second-order valence-electron chi connectivity index (χ2n) is 6.58. The highest BCUT2D eigenvalue weighted by Gasteiger charge is 2.31. The molecule has 0 saturated carbocycles. The summed E-state index contributed by atoms with van der Waals surface area (Å²) in [5, 5.41) is 0. The van der Waals surface area contributed by atoms with E-state index in [0.29, 0.717) is 17.8 Å². The van der Waals surface area contributed by atoms with Crippen LogP contribution >= 0.6 is 0 Å². The average molecular weight is 464 g/mol. The first-order valence-electron chi connectivity index (χ1n) is 8.89. The number of rotatable bonds is 5. The molecule has 0 atom stereocenters. The number of carbonyl (C=O) groups is 1. The number of aromatic amines is 1. The number of carbonyl (C=O) groups excluding carboxylic acids is 1. The van der Waals surface area contributed by atoms with Crippen molar-refractivity contribution in [1.82, 2.24) is 15.0 Å². The second-order valence-corrected chi connectivity index (χ2v) is 8.26. The van der Waals surface area contributed by atoms with Crippen molar-refractivity contribution in [2.45, 2.75) is 11.1 Å². The van der Waals surface area contributed by atoms with E-state index in [0.717, 1.165) is 18.2 Å². The van der Waals surface area contributed by atoms with Gasteiger partial charge < -0.3 is 4.98 Å². The highest BCUT2D eigenvalue weighted by molar-refractivity contribution is 7.92. The zero-order valence-corrected chi connectivity index (χ0v) is 16.6. The highest BCUT2D eigenvalue weighted by atomic mass is 32.2.